The molecule has 1 aromatic carbocycles. The van der Waals surface area contributed by atoms with E-state index in [1.165, 1.54) is 24.2 Å². The second kappa shape index (κ2) is 9.93. The molecule has 0 atom stereocenters. The van der Waals surface area contributed by atoms with E-state index in [9.17, 15) is 4.79 Å². The smallest absolute Gasteiger partial charge is 0.295 e. The first-order chi connectivity index (χ1) is 11.7. The molecule has 0 unspecified atom stereocenters. The Kier molecular flexibility index (Phi) is 7.55. The third-order valence-electron chi connectivity index (χ3n) is 3.94. The highest BCUT2D eigenvalue weighted by Gasteiger charge is 2.16. The molecule has 6 nitrogen and oxygen atoms in total. The fourth-order valence-electron chi connectivity index (χ4n) is 2.82. The molecule has 1 amide bonds. The summed E-state index contributed by atoms with van der Waals surface area (Å²) < 4.78 is 11.1. The molecule has 0 bridgehead atoms. The maximum Gasteiger partial charge on any atom is 0.295 e. The van der Waals surface area contributed by atoms with Gasteiger partial charge in [-0.2, -0.15) is 5.10 Å². The van der Waals surface area contributed by atoms with E-state index in [1.807, 2.05) is 32.0 Å². The van der Waals surface area contributed by atoms with E-state index in [1.54, 1.807) is 6.21 Å². The van der Waals surface area contributed by atoms with Gasteiger partial charge in [-0.1, -0.05) is 0 Å². The molecule has 24 heavy (non-hydrogen) atoms. The zero-order valence-corrected chi connectivity index (χ0v) is 14.6. The van der Waals surface area contributed by atoms with Gasteiger partial charge < -0.3 is 14.4 Å². The van der Waals surface area contributed by atoms with E-state index in [0.717, 1.165) is 18.7 Å². The molecular weight excluding hydrogens is 306 g/mol. The second-order valence-electron chi connectivity index (χ2n) is 5.85. The van der Waals surface area contributed by atoms with E-state index in [2.05, 4.69) is 10.5 Å². The van der Waals surface area contributed by atoms with Crippen LogP contribution < -0.4 is 19.8 Å². The monoisotopic (exact) mass is 334 g/mol. The standard InChI is InChI=1S/C18H27N3O3/c1-3-23-16-9-8-15(12-17(16)24-4-2)13-19-20-18(22)14-21-10-6-5-7-11-21/h8-9,12-13H,3-7,10-11,14H2,1-2H3,(H,20,22)/p+1/b19-13-. The molecule has 1 aliphatic rings. The van der Waals surface area contributed by atoms with Gasteiger partial charge in [0.05, 0.1) is 32.5 Å². The highest BCUT2D eigenvalue weighted by atomic mass is 16.5. The summed E-state index contributed by atoms with van der Waals surface area (Å²) in [5, 5.41) is 4.05. The van der Waals surface area contributed by atoms with E-state index in [-0.39, 0.29) is 5.91 Å². The summed E-state index contributed by atoms with van der Waals surface area (Å²) in [7, 11) is 0. The minimum atomic E-state index is -0.0425. The predicted octanol–water partition coefficient (Wildman–Crippen LogP) is 1.00. The van der Waals surface area contributed by atoms with Gasteiger partial charge in [-0.3, -0.25) is 4.79 Å². The van der Waals surface area contributed by atoms with Crippen LogP contribution in [0.2, 0.25) is 0 Å². The van der Waals surface area contributed by atoms with Crippen molar-refractivity contribution in [1.29, 1.82) is 0 Å². The molecule has 0 radical (unpaired) electrons. The highest BCUT2D eigenvalue weighted by molar-refractivity contribution is 5.83. The Hall–Kier alpha value is -2.08. The number of hydrogen-bond acceptors (Lipinski definition) is 4. The molecule has 2 rings (SSSR count). The van der Waals surface area contributed by atoms with E-state index < -0.39 is 0 Å². The van der Waals surface area contributed by atoms with Crippen LogP contribution in [0, 0.1) is 0 Å². The predicted molar refractivity (Wildman–Crippen MR) is 93.9 cm³/mol. The van der Waals surface area contributed by atoms with Gasteiger partial charge >= 0.3 is 0 Å². The lowest BCUT2D eigenvalue weighted by atomic mass is 10.1. The average Bonchev–Trinajstić information content (AvgIpc) is 2.58. The van der Waals surface area contributed by atoms with Crippen LogP contribution in [0.3, 0.4) is 0 Å². The number of rotatable bonds is 8. The average molecular weight is 334 g/mol. The minimum absolute atomic E-state index is 0.0425. The lowest BCUT2D eigenvalue weighted by Gasteiger charge is -2.22. The second-order valence-corrected chi connectivity index (χ2v) is 5.85. The van der Waals surface area contributed by atoms with Crippen LogP contribution >= 0.6 is 0 Å². The fourth-order valence-corrected chi connectivity index (χ4v) is 2.82. The van der Waals surface area contributed by atoms with Crippen LogP contribution in [0.1, 0.15) is 38.7 Å². The topological polar surface area (TPSA) is 64.4 Å². The number of hydrazone groups is 1. The number of nitrogens with zero attached hydrogens (tertiary/aromatic N) is 1. The molecule has 1 heterocycles. The van der Waals surface area contributed by atoms with Crippen LogP contribution in [0.15, 0.2) is 23.3 Å². The number of carbonyl (C=O) groups is 1. The van der Waals surface area contributed by atoms with Crippen molar-refractivity contribution in [3.8, 4) is 11.5 Å². The van der Waals surface area contributed by atoms with Gasteiger partial charge in [-0.05, 0) is 56.9 Å². The summed E-state index contributed by atoms with van der Waals surface area (Å²) >= 11 is 0. The number of piperidine rings is 1. The third kappa shape index (κ3) is 5.85. The first-order valence-corrected chi connectivity index (χ1v) is 8.78. The number of likely N-dealkylation sites (tertiary alicyclic amines) is 1. The molecule has 0 aliphatic carbocycles. The van der Waals surface area contributed by atoms with Gasteiger partial charge in [-0.15, -0.1) is 0 Å². The molecule has 0 spiro atoms. The molecule has 0 saturated carbocycles. The summed E-state index contributed by atoms with van der Waals surface area (Å²) in [6.45, 7) is 7.66. The van der Waals surface area contributed by atoms with Gasteiger partial charge in [0, 0.05) is 0 Å². The maximum atomic E-state index is 11.9. The van der Waals surface area contributed by atoms with Gasteiger partial charge in [0.15, 0.2) is 18.0 Å². The lowest BCUT2D eigenvalue weighted by molar-refractivity contribution is -0.896. The van der Waals surface area contributed by atoms with Crippen molar-refractivity contribution in [2.45, 2.75) is 33.1 Å². The summed E-state index contributed by atoms with van der Waals surface area (Å²) in [6.07, 6.45) is 5.32. The Morgan fingerprint density at radius 3 is 2.58 bits per heavy atom. The molecule has 132 valence electrons. The Labute approximate surface area is 143 Å². The van der Waals surface area contributed by atoms with Crippen molar-refractivity contribution in [3.63, 3.8) is 0 Å². The molecule has 1 aliphatic heterocycles. The fraction of sp³-hybridized carbons (Fsp3) is 0.556. The summed E-state index contributed by atoms with van der Waals surface area (Å²) in [5.74, 6) is 1.36. The number of quaternary nitrogens is 1. The number of nitrogens with one attached hydrogen (secondary N) is 2. The zero-order valence-electron chi connectivity index (χ0n) is 14.6. The van der Waals surface area contributed by atoms with Crippen LogP contribution in [-0.2, 0) is 4.79 Å². The number of carbonyl (C=O) groups excluding carboxylic acids is 1. The summed E-state index contributed by atoms with van der Waals surface area (Å²) in [4.78, 5) is 13.3. The number of amides is 1. The number of benzene rings is 1. The molecule has 0 aromatic heterocycles. The molecule has 1 fully saturated rings. The maximum absolute atomic E-state index is 11.9. The molecular formula is C18H28N3O3+. The zero-order chi connectivity index (χ0) is 17.2. The minimum Gasteiger partial charge on any atom is -0.490 e. The first-order valence-electron chi connectivity index (χ1n) is 8.78. The van der Waals surface area contributed by atoms with Crippen molar-refractivity contribution in [2.24, 2.45) is 5.10 Å². The summed E-state index contributed by atoms with van der Waals surface area (Å²) in [6, 6.07) is 5.61. The Morgan fingerprint density at radius 1 is 1.17 bits per heavy atom. The molecule has 1 aromatic rings. The van der Waals surface area contributed by atoms with Crippen molar-refractivity contribution in [3.05, 3.63) is 23.8 Å². The number of ether oxygens (including phenoxy) is 2. The number of hydrogen-bond donors (Lipinski definition) is 2. The third-order valence-corrected chi connectivity index (χ3v) is 3.94. The van der Waals surface area contributed by atoms with Gasteiger partial charge in [0.25, 0.3) is 5.91 Å². The normalized spacial score (nSPS) is 15.4. The van der Waals surface area contributed by atoms with Crippen LogP contribution in [0.4, 0.5) is 0 Å². The SMILES string of the molecule is CCOc1ccc(/C=N\NC(=O)C[NH+]2CCCCC2)cc1OCC. The quantitative estimate of drug-likeness (QED) is 0.551. The van der Waals surface area contributed by atoms with Crippen LogP contribution in [0.25, 0.3) is 0 Å². The first kappa shape index (κ1) is 18.3. The van der Waals surface area contributed by atoms with Gasteiger partial charge in [0.1, 0.15) is 0 Å². The van der Waals surface area contributed by atoms with E-state index >= 15 is 0 Å². The molecule has 6 heteroatoms. The Morgan fingerprint density at radius 2 is 1.88 bits per heavy atom. The van der Waals surface area contributed by atoms with Gasteiger partial charge in [0.2, 0.25) is 0 Å². The molecule has 2 N–H and O–H groups in total. The largest absolute Gasteiger partial charge is 0.490 e. The molecule has 1 saturated heterocycles. The van der Waals surface area contributed by atoms with E-state index in [4.69, 9.17) is 9.47 Å². The Bertz CT molecular complexity index is 554. The lowest BCUT2D eigenvalue weighted by Crippen LogP contribution is -3.13. The van der Waals surface area contributed by atoms with Gasteiger partial charge in [-0.25, -0.2) is 5.43 Å². The van der Waals surface area contributed by atoms with Crippen molar-refractivity contribution in [2.75, 3.05) is 32.8 Å². The van der Waals surface area contributed by atoms with E-state index in [0.29, 0.717) is 31.3 Å². The van der Waals surface area contributed by atoms with Crippen molar-refractivity contribution < 1.29 is 19.2 Å². The van der Waals surface area contributed by atoms with Crippen LogP contribution in [-0.4, -0.2) is 45.0 Å². The summed E-state index contributed by atoms with van der Waals surface area (Å²) in [5.41, 5.74) is 3.46. The van der Waals surface area contributed by atoms with Crippen molar-refractivity contribution >= 4 is 12.1 Å². The van der Waals surface area contributed by atoms with Crippen LogP contribution in [0.5, 0.6) is 11.5 Å². The highest BCUT2D eigenvalue weighted by Crippen LogP contribution is 2.27. The Balaban J connectivity index is 1.88. The van der Waals surface area contributed by atoms with Crippen molar-refractivity contribution in [1.82, 2.24) is 5.43 Å².